The van der Waals surface area contributed by atoms with E-state index >= 15 is 0 Å². The molecule has 5 atom stereocenters. The van der Waals surface area contributed by atoms with Crippen LogP contribution in [-0.4, -0.2) is 26.9 Å². The molecular formula is C26H46N2SiTi. The molecule has 5 unspecified atom stereocenters. The van der Waals surface area contributed by atoms with Gasteiger partial charge in [0.2, 0.25) is 0 Å². The van der Waals surface area contributed by atoms with Gasteiger partial charge in [-0.3, -0.25) is 0 Å². The summed E-state index contributed by atoms with van der Waals surface area (Å²) in [5.74, 6) is 2.51. The van der Waals surface area contributed by atoms with Crippen LogP contribution in [0.25, 0.3) is 4.98 Å². The van der Waals surface area contributed by atoms with Crippen molar-refractivity contribution in [2.24, 2.45) is 11.8 Å². The van der Waals surface area contributed by atoms with Gasteiger partial charge in [0.1, 0.15) is 0 Å². The van der Waals surface area contributed by atoms with E-state index in [4.69, 9.17) is 4.98 Å². The molecule has 1 aromatic carbocycles. The van der Waals surface area contributed by atoms with Crippen LogP contribution in [0.1, 0.15) is 63.5 Å². The van der Waals surface area contributed by atoms with Crippen LogP contribution in [-0.2, 0) is 21.7 Å². The van der Waals surface area contributed by atoms with E-state index in [1.165, 1.54) is 36.9 Å². The van der Waals surface area contributed by atoms with Crippen molar-refractivity contribution < 1.29 is 21.7 Å². The summed E-state index contributed by atoms with van der Waals surface area (Å²) in [4.78, 5) is 8.16. The molecule has 2 nitrogen and oxygen atoms in total. The minimum Gasteiger partial charge on any atom is -0.660 e. The van der Waals surface area contributed by atoms with Crippen molar-refractivity contribution in [2.45, 2.75) is 89.5 Å². The molecule has 2 fully saturated rings. The molecule has 0 amide bonds. The van der Waals surface area contributed by atoms with E-state index < -0.39 is 8.24 Å². The Kier molecular flexibility index (Phi) is 10.2. The summed E-state index contributed by atoms with van der Waals surface area (Å²) in [5.41, 5.74) is 5.44. The van der Waals surface area contributed by atoms with Gasteiger partial charge in [0, 0.05) is 24.7 Å². The summed E-state index contributed by atoms with van der Waals surface area (Å²) in [6.07, 6.45) is 5.73. The molecule has 4 heteroatoms. The standard InChI is InChI=1S/C23H37N2Si.3CH3.Ti/c1-15-12-13-19-18(14-15)20-16-10-8-9-11-17(16)22(21(20)25(19)5)26(6,7)24-23(2,3)4;;;;/h12-14,16-17,20-22H,8-11H2,1-7H3;3*1H3;/q4*-1;+4. The maximum absolute atomic E-state index is 5.50. The van der Waals surface area contributed by atoms with Gasteiger partial charge in [0.15, 0.2) is 0 Å². The quantitative estimate of drug-likeness (QED) is 0.324. The maximum atomic E-state index is 5.50. The Morgan fingerprint density at radius 2 is 1.57 bits per heavy atom. The number of aryl methyl sites for hydroxylation is 1. The number of benzene rings is 1. The number of rotatable bonds is 2. The molecule has 0 saturated heterocycles. The van der Waals surface area contributed by atoms with Crippen LogP contribution >= 0.6 is 0 Å². The van der Waals surface area contributed by atoms with Gasteiger partial charge in [-0.05, 0) is 42.4 Å². The zero-order valence-corrected chi connectivity index (χ0v) is 23.9. The average Bonchev–Trinajstić information content (AvgIpc) is 2.99. The molecule has 0 bridgehead atoms. The molecule has 30 heavy (non-hydrogen) atoms. The zero-order chi connectivity index (χ0) is 18.9. The Balaban J connectivity index is 0.00000210. The summed E-state index contributed by atoms with van der Waals surface area (Å²) in [7, 11) is 0.655. The topological polar surface area (TPSA) is 17.3 Å². The normalized spacial score (nSPS) is 29.3. The van der Waals surface area contributed by atoms with Crippen LogP contribution in [0.3, 0.4) is 0 Å². The number of nitrogens with zero attached hydrogens (tertiary/aromatic N) is 2. The first kappa shape index (κ1) is 29.9. The van der Waals surface area contributed by atoms with Gasteiger partial charge in [-0.15, -0.1) is 5.54 Å². The predicted octanol–water partition coefficient (Wildman–Crippen LogP) is 7.81. The monoisotopic (exact) mass is 462 g/mol. The second-order valence-corrected chi connectivity index (χ2v) is 15.0. The molecule has 0 spiro atoms. The third-order valence-electron chi connectivity index (χ3n) is 7.34. The van der Waals surface area contributed by atoms with Crippen molar-refractivity contribution >= 4 is 13.9 Å². The molecule has 0 N–H and O–H groups in total. The SMILES string of the molecule is Cc1ccc2c(c1)C1C3CCCCC3C([Si](C)(C)[N-]C(C)(C)C)C1N2C.[CH3-].[CH3-].[CH3-].[Ti+4]. The van der Waals surface area contributed by atoms with Gasteiger partial charge >= 0.3 is 21.7 Å². The Bertz CT molecular complexity index is 697. The first-order chi connectivity index (χ1) is 12.1. The van der Waals surface area contributed by atoms with E-state index in [1.54, 1.807) is 5.56 Å². The summed E-state index contributed by atoms with van der Waals surface area (Å²) in [5, 5.41) is 0. The zero-order valence-electron chi connectivity index (χ0n) is 21.3. The van der Waals surface area contributed by atoms with Crippen LogP contribution in [0.5, 0.6) is 0 Å². The van der Waals surface area contributed by atoms with E-state index in [-0.39, 0.29) is 49.5 Å². The second-order valence-electron chi connectivity index (χ2n) is 10.8. The number of hydrogen-bond donors (Lipinski definition) is 0. The van der Waals surface area contributed by atoms with Gasteiger partial charge in [0.05, 0.1) is 0 Å². The summed E-state index contributed by atoms with van der Waals surface area (Å²) >= 11 is 0. The fourth-order valence-corrected chi connectivity index (χ4v) is 11.6. The summed E-state index contributed by atoms with van der Waals surface area (Å²) in [6, 6.07) is 7.85. The maximum Gasteiger partial charge on any atom is 4.00 e. The van der Waals surface area contributed by atoms with Crippen molar-refractivity contribution in [2.75, 3.05) is 11.9 Å². The van der Waals surface area contributed by atoms with Crippen LogP contribution < -0.4 is 4.90 Å². The molecule has 4 rings (SSSR count). The largest absolute Gasteiger partial charge is 4.00 e. The van der Waals surface area contributed by atoms with Crippen molar-refractivity contribution in [3.8, 4) is 0 Å². The van der Waals surface area contributed by atoms with Crippen molar-refractivity contribution in [1.82, 2.24) is 0 Å². The Morgan fingerprint density at radius 1 is 1.00 bits per heavy atom. The van der Waals surface area contributed by atoms with Crippen LogP contribution in [0.15, 0.2) is 18.2 Å². The minimum atomic E-state index is -1.71. The first-order valence-electron chi connectivity index (χ1n) is 10.7. The van der Waals surface area contributed by atoms with Gasteiger partial charge in [-0.1, -0.05) is 79.1 Å². The van der Waals surface area contributed by atoms with Crippen molar-refractivity contribution in [3.05, 3.63) is 56.6 Å². The van der Waals surface area contributed by atoms with Crippen LogP contribution in [0, 0.1) is 41.0 Å². The third-order valence-corrected chi connectivity index (χ3v) is 11.0. The van der Waals surface area contributed by atoms with E-state index in [1.807, 2.05) is 0 Å². The number of hydrogen-bond acceptors (Lipinski definition) is 1. The number of likely N-dealkylation sites (N-methyl/N-ethyl adjacent to an activating group) is 1. The smallest absolute Gasteiger partial charge is 0.660 e. The minimum absolute atomic E-state index is 0. The van der Waals surface area contributed by atoms with Gasteiger partial charge in [-0.2, -0.15) is 0 Å². The predicted molar refractivity (Wildman–Crippen MR) is 135 cm³/mol. The molecule has 0 aromatic heterocycles. The molecule has 3 aliphatic rings. The molecule has 2 aliphatic carbocycles. The molecule has 1 aromatic rings. The molecule has 0 radical (unpaired) electrons. The number of anilines is 1. The molecule has 1 aliphatic heterocycles. The van der Waals surface area contributed by atoms with Crippen LogP contribution in [0.2, 0.25) is 18.6 Å². The average molecular weight is 463 g/mol. The molecular weight excluding hydrogens is 416 g/mol. The van der Waals surface area contributed by atoms with E-state index in [9.17, 15) is 0 Å². The van der Waals surface area contributed by atoms with Gasteiger partial charge in [0.25, 0.3) is 0 Å². The Hall–Kier alpha value is -0.0888. The van der Waals surface area contributed by atoms with E-state index in [2.05, 4.69) is 70.9 Å². The Morgan fingerprint density at radius 3 is 2.13 bits per heavy atom. The van der Waals surface area contributed by atoms with E-state index in [0.29, 0.717) is 6.04 Å². The van der Waals surface area contributed by atoms with E-state index in [0.717, 1.165) is 23.3 Å². The summed E-state index contributed by atoms with van der Waals surface area (Å²) < 4.78 is 0. The van der Waals surface area contributed by atoms with Gasteiger partial charge in [-0.25, -0.2) is 0 Å². The Labute approximate surface area is 205 Å². The second kappa shape index (κ2) is 10.2. The van der Waals surface area contributed by atoms with Crippen LogP contribution in [0.4, 0.5) is 5.69 Å². The van der Waals surface area contributed by atoms with Gasteiger partial charge < -0.3 is 32.2 Å². The third kappa shape index (κ3) is 4.95. The number of fused-ring (bicyclic) bond motifs is 5. The fourth-order valence-electron chi connectivity index (χ4n) is 7.01. The van der Waals surface area contributed by atoms with Crippen molar-refractivity contribution in [1.29, 1.82) is 0 Å². The fraction of sp³-hybridized carbons (Fsp3) is 0.654. The molecule has 168 valence electrons. The van der Waals surface area contributed by atoms with Crippen molar-refractivity contribution in [3.63, 3.8) is 0 Å². The first-order valence-corrected chi connectivity index (χ1v) is 13.7. The molecule has 1 heterocycles. The molecule has 2 saturated carbocycles. The summed E-state index contributed by atoms with van der Waals surface area (Å²) in [6.45, 7) is 14.2.